The first-order chi connectivity index (χ1) is 19.6. The van der Waals surface area contributed by atoms with Gasteiger partial charge in [0.05, 0.1) is 36.6 Å². The molecule has 3 aromatic rings. The molecule has 218 valence electrons. The highest BCUT2D eigenvalue weighted by Crippen LogP contribution is 2.45. The summed E-state index contributed by atoms with van der Waals surface area (Å²) in [5, 5.41) is 18.2. The number of fused-ring (bicyclic) bond motifs is 4. The van der Waals surface area contributed by atoms with Crippen molar-refractivity contribution in [1.29, 1.82) is 0 Å². The van der Waals surface area contributed by atoms with Crippen LogP contribution in [-0.2, 0) is 17.4 Å². The molecule has 1 amide bonds. The Bertz CT molecular complexity index is 1370. The molecule has 0 saturated heterocycles. The minimum Gasteiger partial charge on any atom is -0.494 e. The number of hydrogen-bond donors (Lipinski definition) is 3. The molecule has 1 fully saturated rings. The largest absolute Gasteiger partial charge is 0.494 e. The van der Waals surface area contributed by atoms with Crippen molar-refractivity contribution in [1.82, 2.24) is 20.6 Å². The highest BCUT2D eigenvalue weighted by Gasteiger charge is 2.46. The number of aliphatic hydroxyl groups excluding tert-OH is 1. The van der Waals surface area contributed by atoms with Crippen molar-refractivity contribution < 1.29 is 19.4 Å². The predicted molar refractivity (Wildman–Crippen MR) is 158 cm³/mol. The van der Waals surface area contributed by atoms with E-state index in [1.165, 1.54) is 5.56 Å². The molecule has 2 aromatic heterocycles. The van der Waals surface area contributed by atoms with E-state index in [-0.39, 0.29) is 16.9 Å². The Morgan fingerprint density at radius 3 is 2.63 bits per heavy atom. The van der Waals surface area contributed by atoms with Gasteiger partial charge in [-0.25, -0.2) is 4.98 Å². The van der Waals surface area contributed by atoms with Crippen LogP contribution < -0.4 is 20.1 Å². The van der Waals surface area contributed by atoms with Gasteiger partial charge in [-0.15, -0.1) is 0 Å². The molecule has 3 N–H and O–H groups in total. The number of pyridine rings is 2. The van der Waals surface area contributed by atoms with Gasteiger partial charge in [-0.2, -0.15) is 0 Å². The summed E-state index contributed by atoms with van der Waals surface area (Å²) >= 11 is 0. The van der Waals surface area contributed by atoms with Crippen molar-refractivity contribution in [3.8, 4) is 11.6 Å². The van der Waals surface area contributed by atoms with Crippen molar-refractivity contribution in [3.63, 3.8) is 0 Å². The zero-order chi connectivity index (χ0) is 29.0. The van der Waals surface area contributed by atoms with Gasteiger partial charge in [0.25, 0.3) is 5.91 Å². The molecule has 41 heavy (non-hydrogen) atoms. The lowest BCUT2D eigenvalue weighted by atomic mass is 9.86. The summed E-state index contributed by atoms with van der Waals surface area (Å²) in [7, 11) is 0. The van der Waals surface area contributed by atoms with Gasteiger partial charge < -0.3 is 25.2 Å². The lowest BCUT2D eigenvalue weighted by Gasteiger charge is -2.28. The van der Waals surface area contributed by atoms with E-state index in [2.05, 4.69) is 53.5 Å². The summed E-state index contributed by atoms with van der Waals surface area (Å²) < 4.78 is 11.8. The number of carbonyl (C=O) groups excluding carboxylic acids is 1. The Balaban J connectivity index is 1.37. The van der Waals surface area contributed by atoms with E-state index in [4.69, 9.17) is 9.47 Å². The number of hydrogen-bond acceptors (Lipinski definition) is 7. The number of carbonyl (C=O) groups is 1. The zero-order valence-corrected chi connectivity index (χ0v) is 24.6. The minimum atomic E-state index is -0.843. The van der Waals surface area contributed by atoms with Crippen molar-refractivity contribution in [2.24, 2.45) is 0 Å². The first-order valence-electron chi connectivity index (χ1n) is 14.7. The van der Waals surface area contributed by atoms with Crippen molar-refractivity contribution >= 4 is 5.91 Å². The lowest BCUT2D eigenvalue weighted by Crippen LogP contribution is -2.50. The Hall–Kier alpha value is -3.49. The van der Waals surface area contributed by atoms with E-state index >= 15 is 0 Å². The van der Waals surface area contributed by atoms with Gasteiger partial charge in [0, 0.05) is 30.1 Å². The molecule has 0 radical (unpaired) electrons. The van der Waals surface area contributed by atoms with Gasteiger partial charge in [0.1, 0.15) is 5.75 Å². The molecule has 8 heteroatoms. The van der Waals surface area contributed by atoms with Gasteiger partial charge >= 0.3 is 0 Å². The molecule has 1 aliphatic carbocycles. The number of aliphatic hydroxyl groups is 1. The maximum Gasteiger partial charge on any atom is 0.251 e. The molecule has 8 nitrogen and oxygen atoms in total. The number of nitrogens with zero attached hydrogens (tertiary/aromatic N) is 2. The highest BCUT2D eigenvalue weighted by molar-refractivity contribution is 5.94. The Kier molecular flexibility index (Phi) is 8.61. The van der Waals surface area contributed by atoms with E-state index in [1.807, 2.05) is 37.4 Å². The fourth-order valence-electron chi connectivity index (χ4n) is 5.21. The summed E-state index contributed by atoms with van der Waals surface area (Å²) in [5.41, 5.74) is 4.15. The van der Waals surface area contributed by atoms with E-state index in [1.54, 1.807) is 12.1 Å². The third kappa shape index (κ3) is 7.43. The van der Waals surface area contributed by atoms with Crippen LogP contribution in [0.15, 0.2) is 54.7 Å². The van der Waals surface area contributed by atoms with Gasteiger partial charge in [0.2, 0.25) is 5.88 Å². The maximum atomic E-state index is 13.5. The molecule has 1 saturated carbocycles. The Morgan fingerprint density at radius 2 is 1.88 bits per heavy atom. The third-order valence-electron chi connectivity index (χ3n) is 7.90. The zero-order valence-electron chi connectivity index (χ0n) is 24.6. The van der Waals surface area contributed by atoms with Crippen molar-refractivity contribution in [2.75, 3.05) is 19.8 Å². The van der Waals surface area contributed by atoms with Crippen LogP contribution >= 0.6 is 0 Å². The van der Waals surface area contributed by atoms with Crippen LogP contribution in [0.3, 0.4) is 0 Å². The van der Waals surface area contributed by atoms with Gasteiger partial charge in [-0.3, -0.25) is 9.78 Å². The topological polar surface area (TPSA) is 106 Å². The second kappa shape index (κ2) is 12.2. The smallest absolute Gasteiger partial charge is 0.251 e. The van der Waals surface area contributed by atoms with Crippen LogP contribution in [0.2, 0.25) is 0 Å². The van der Waals surface area contributed by atoms with Crippen LogP contribution in [-0.4, -0.2) is 52.9 Å². The second-order valence-corrected chi connectivity index (χ2v) is 12.4. The highest BCUT2D eigenvalue weighted by atomic mass is 16.5. The SMILES string of the molecule is Cc1cc2cc(n1)OCCCCOc1cccc(c1)C[C@H]([C@@H](O)CNC1(c3cc(C(C)(C)C)ccn3)CC1)NC2=O. The van der Waals surface area contributed by atoms with Crippen LogP contribution in [0, 0.1) is 6.92 Å². The summed E-state index contributed by atoms with van der Waals surface area (Å²) in [6.45, 7) is 9.81. The summed E-state index contributed by atoms with van der Waals surface area (Å²) in [5.74, 6) is 0.926. The average molecular weight is 559 g/mol. The number of ether oxygens (including phenoxy) is 2. The summed E-state index contributed by atoms with van der Waals surface area (Å²) in [6.07, 6.45) is 5.04. The molecule has 0 spiro atoms. The molecule has 1 aromatic carbocycles. The van der Waals surface area contributed by atoms with Crippen LogP contribution in [0.4, 0.5) is 0 Å². The Morgan fingerprint density at radius 1 is 1.10 bits per heavy atom. The molecule has 3 heterocycles. The van der Waals surface area contributed by atoms with E-state index in [0.717, 1.165) is 42.7 Å². The monoisotopic (exact) mass is 558 g/mol. The fourth-order valence-corrected chi connectivity index (χ4v) is 5.21. The molecule has 2 aliphatic rings. The standard InChI is InChI=1S/C33H42N4O4/c1-22-16-24-19-30(36-22)41-15-6-5-14-40-26-9-7-8-23(17-26)18-27(37-31(24)39)28(38)21-35-33(11-12-33)29-20-25(10-13-34-29)32(2,3)4/h7-10,13,16-17,19-20,27-28,35,38H,5-6,11-12,14-15,18,21H2,1-4H3,(H,37,39)/t27-,28+/m1/s1. The molecule has 0 unspecified atom stereocenters. The first-order valence-corrected chi connectivity index (χ1v) is 14.7. The van der Waals surface area contributed by atoms with Crippen molar-refractivity contribution in [3.05, 3.63) is 82.8 Å². The number of aryl methyl sites for hydroxylation is 1. The van der Waals surface area contributed by atoms with E-state index in [9.17, 15) is 9.90 Å². The quantitative estimate of drug-likeness (QED) is 0.420. The van der Waals surface area contributed by atoms with Crippen LogP contribution in [0.1, 0.15) is 79.3 Å². The average Bonchev–Trinajstić information content (AvgIpc) is 3.73. The number of rotatable bonds is 5. The number of amides is 1. The minimum absolute atomic E-state index is 0.0236. The van der Waals surface area contributed by atoms with Gasteiger partial charge in [0.15, 0.2) is 0 Å². The normalized spacial score (nSPS) is 19.8. The molecular formula is C33H42N4O4. The van der Waals surface area contributed by atoms with Crippen molar-refractivity contribution in [2.45, 2.75) is 82.9 Å². The van der Waals surface area contributed by atoms with E-state index < -0.39 is 12.1 Å². The maximum absolute atomic E-state index is 13.5. The number of benzene rings is 1. The predicted octanol–water partition coefficient (Wildman–Crippen LogP) is 4.61. The third-order valence-corrected chi connectivity index (χ3v) is 7.90. The second-order valence-electron chi connectivity index (χ2n) is 12.4. The molecule has 4 bridgehead atoms. The molecule has 5 rings (SSSR count). The van der Waals surface area contributed by atoms with Gasteiger partial charge in [-0.05, 0) is 85.9 Å². The van der Waals surface area contributed by atoms with E-state index in [0.29, 0.717) is 43.3 Å². The fraction of sp³-hybridized carbons (Fsp3) is 0.485. The number of aromatic nitrogens is 2. The number of nitrogens with one attached hydrogen (secondary N) is 2. The lowest BCUT2D eigenvalue weighted by molar-refractivity contribution is 0.0821. The van der Waals surface area contributed by atoms with Crippen LogP contribution in [0.25, 0.3) is 0 Å². The summed E-state index contributed by atoms with van der Waals surface area (Å²) in [4.78, 5) is 22.6. The summed E-state index contributed by atoms with van der Waals surface area (Å²) in [6, 6.07) is 15.0. The molecular weight excluding hydrogens is 516 g/mol. The van der Waals surface area contributed by atoms with Crippen LogP contribution in [0.5, 0.6) is 11.6 Å². The molecule has 2 atom stereocenters. The first kappa shape index (κ1) is 29.0. The van der Waals surface area contributed by atoms with Gasteiger partial charge in [-0.1, -0.05) is 32.9 Å². The Labute approximate surface area is 242 Å². The molecule has 1 aliphatic heterocycles.